The molecule has 4 nitrogen and oxygen atoms in total. The highest BCUT2D eigenvalue weighted by Gasteiger charge is 2.58. The number of ether oxygens (including phenoxy) is 1. The molecule has 0 aliphatic carbocycles. The molecule has 1 heterocycles. The summed E-state index contributed by atoms with van der Waals surface area (Å²) in [6.45, 7) is -1.94. The minimum absolute atomic E-state index is 0.322. The fourth-order valence-electron chi connectivity index (χ4n) is 0.706. The van der Waals surface area contributed by atoms with Crippen LogP contribution in [0, 0.1) is 0 Å². The van der Waals surface area contributed by atoms with Gasteiger partial charge < -0.3 is 10.5 Å². The van der Waals surface area contributed by atoms with Crippen molar-refractivity contribution in [1.29, 1.82) is 0 Å². The maximum atomic E-state index is 12.5. The average molecular weight is 278 g/mol. The van der Waals surface area contributed by atoms with Crippen LogP contribution in [0.3, 0.4) is 0 Å². The van der Waals surface area contributed by atoms with Gasteiger partial charge in [0.25, 0.3) is 0 Å². The maximum Gasteiger partial charge on any atom is 0.456 e. The van der Waals surface area contributed by atoms with E-state index in [2.05, 4.69) is 14.7 Å². The van der Waals surface area contributed by atoms with Gasteiger partial charge in [0.15, 0.2) is 6.61 Å². The van der Waals surface area contributed by atoms with Crippen molar-refractivity contribution in [3.8, 4) is 5.88 Å². The zero-order valence-electron chi connectivity index (χ0n) is 7.93. The second-order valence-electron chi connectivity index (χ2n) is 2.87. The van der Waals surface area contributed by atoms with Gasteiger partial charge in [0.1, 0.15) is 5.02 Å². The van der Waals surface area contributed by atoms with Crippen molar-refractivity contribution in [3.05, 3.63) is 11.2 Å². The molecule has 17 heavy (non-hydrogen) atoms. The summed E-state index contributed by atoms with van der Waals surface area (Å²) in [6, 6.07) is 0. The van der Waals surface area contributed by atoms with Crippen molar-refractivity contribution < 1.29 is 26.7 Å². The van der Waals surface area contributed by atoms with Crippen LogP contribution in [0.25, 0.3) is 0 Å². The zero-order chi connectivity index (χ0) is 13.3. The molecule has 1 aromatic rings. The Morgan fingerprint density at radius 3 is 2.41 bits per heavy atom. The zero-order valence-corrected chi connectivity index (χ0v) is 8.69. The SMILES string of the molecule is Nc1ncc(Cl)c(OCC(F)(F)C(F)(F)F)n1. The number of alkyl halides is 5. The van der Waals surface area contributed by atoms with E-state index in [9.17, 15) is 22.0 Å². The lowest BCUT2D eigenvalue weighted by molar-refractivity contribution is -0.290. The van der Waals surface area contributed by atoms with E-state index in [4.69, 9.17) is 17.3 Å². The lowest BCUT2D eigenvalue weighted by Crippen LogP contribution is -2.41. The molecule has 0 aromatic carbocycles. The Morgan fingerprint density at radius 2 is 1.88 bits per heavy atom. The number of hydrogen-bond acceptors (Lipinski definition) is 4. The van der Waals surface area contributed by atoms with Crippen molar-refractivity contribution in [2.75, 3.05) is 12.3 Å². The monoisotopic (exact) mass is 277 g/mol. The van der Waals surface area contributed by atoms with E-state index in [0.29, 0.717) is 0 Å². The third kappa shape index (κ3) is 3.29. The fourth-order valence-corrected chi connectivity index (χ4v) is 0.852. The fraction of sp³-hybridized carbons (Fsp3) is 0.429. The lowest BCUT2D eigenvalue weighted by atomic mass is 10.3. The molecule has 0 aliphatic heterocycles. The van der Waals surface area contributed by atoms with Crippen LogP contribution in [0.4, 0.5) is 27.9 Å². The smallest absolute Gasteiger partial charge is 0.456 e. The lowest BCUT2D eigenvalue weighted by Gasteiger charge is -2.19. The summed E-state index contributed by atoms with van der Waals surface area (Å²) >= 11 is 5.41. The van der Waals surface area contributed by atoms with Crippen LogP contribution in [0.5, 0.6) is 5.88 Å². The first-order valence-corrected chi connectivity index (χ1v) is 4.36. The standard InChI is InChI=1S/C7H5ClF5N3O/c8-3-1-15-5(14)16-4(3)17-2-6(9,10)7(11,12)13/h1H,2H2,(H2,14,15,16). The van der Waals surface area contributed by atoms with Gasteiger partial charge in [-0.25, -0.2) is 4.98 Å². The van der Waals surface area contributed by atoms with E-state index in [1.807, 2.05) is 0 Å². The predicted octanol–water partition coefficient (Wildman–Crippen LogP) is 2.29. The van der Waals surface area contributed by atoms with Crippen molar-refractivity contribution in [2.24, 2.45) is 0 Å². The number of nitrogens with zero attached hydrogens (tertiary/aromatic N) is 2. The molecule has 0 radical (unpaired) electrons. The van der Waals surface area contributed by atoms with Crippen LogP contribution in [0.2, 0.25) is 5.02 Å². The third-order valence-corrected chi connectivity index (χ3v) is 1.79. The minimum atomic E-state index is -5.71. The Kier molecular flexibility index (Phi) is 3.60. The molecule has 0 aliphatic rings. The number of nitrogen functional groups attached to an aromatic ring is 1. The molecule has 0 spiro atoms. The minimum Gasteiger partial charge on any atom is -0.470 e. The number of aromatic nitrogens is 2. The molecule has 0 fully saturated rings. The summed E-state index contributed by atoms with van der Waals surface area (Å²) in [5, 5.41) is -0.322. The largest absolute Gasteiger partial charge is 0.470 e. The highest BCUT2D eigenvalue weighted by molar-refractivity contribution is 6.31. The molecule has 96 valence electrons. The number of anilines is 1. The van der Waals surface area contributed by atoms with Crippen LogP contribution in [0.1, 0.15) is 0 Å². The van der Waals surface area contributed by atoms with Gasteiger partial charge in [-0.3, -0.25) is 0 Å². The molecule has 0 bridgehead atoms. The summed E-state index contributed by atoms with van der Waals surface area (Å²) in [7, 11) is 0. The summed E-state index contributed by atoms with van der Waals surface area (Å²) in [4.78, 5) is 6.65. The number of rotatable bonds is 3. The summed E-state index contributed by atoms with van der Waals surface area (Å²) in [5.41, 5.74) is 5.08. The molecule has 0 saturated carbocycles. The van der Waals surface area contributed by atoms with Gasteiger partial charge >= 0.3 is 12.1 Å². The number of nitrogens with two attached hydrogens (primary N) is 1. The van der Waals surface area contributed by atoms with Crippen molar-refractivity contribution in [2.45, 2.75) is 12.1 Å². The highest BCUT2D eigenvalue weighted by Crippen LogP contribution is 2.36. The van der Waals surface area contributed by atoms with Crippen LogP contribution in [-0.4, -0.2) is 28.7 Å². The number of halogens is 6. The second kappa shape index (κ2) is 4.47. The Bertz CT molecular complexity index is 411. The van der Waals surface area contributed by atoms with E-state index in [0.717, 1.165) is 6.20 Å². The topological polar surface area (TPSA) is 61.0 Å². The van der Waals surface area contributed by atoms with Gasteiger partial charge in [0.05, 0.1) is 6.20 Å². The summed E-state index contributed by atoms with van der Waals surface area (Å²) in [6.07, 6.45) is -4.79. The predicted molar refractivity (Wildman–Crippen MR) is 48.0 cm³/mol. The van der Waals surface area contributed by atoms with Gasteiger partial charge in [-0.2, -0.15) is 26.9 Å². The first-order valence-electron chi connectivity index (χ1n) is 3.99. The Hall–Kier alpha value is -1.38. The van der Waals surface area contributed by atoms with Gasteiger partial charge in [0, 0.05) is 0 Å². The molecule has 0 unspecified atom stereocenters. The Morgan fingerprint density at radius 1 is 1.29 bits per heavy atom. The molecular formula is C7H5ClF5N3O. The summed E-state index contributed by atoms with van der Waals surface area (Å²) in [5.74, 6) is -6.00. The number of hydrogen-bond donors (Lipinski definition) is 1. The van der Waals surface area contributed by atoms with E-state index >= 15 is 0 Å². The van der Waals surface area contributed by atoms with E-state index in [1.165, 1.54) is 0 Å². The van der Waals surface area contributed by atoms with Crippen LogP contribution >= 0.6 is 11.6 Å². The summed E-state index contributed by atoms with van der Waals surface area (Å²) < 4.78 is 64.5. The maximum absolute atomic E-state index is 12.5. The molecule has 0 amide bonds. The quantitative estimate of drug-likeness (QED) is 0.861. The van der Waals surface area contributed by atoms with Crippen molar-refractivity contribution >= 4 is 17.5 Å². The molecule has 1 rings (SSSR count). The van der Waals surface area contributed by atoms with Crippen LogP contribution < -0.4 is 10.5 Å². The van der Waals surface area contributed by atoms with Gasteiger partial charge in [-0.1, -0.05) is 11.6 Å². The van der Waals surface area contributed by atoms with E-state index in [1.54, 1.807) is 0 Å². The molecular weight excluding hydrogens is 273 g/mol. The third-order valence-electron chi connectivity index (χ3n) is 1.54. The molecule has 2 N–H and O–H groups in total. The van der Waals surface area contributed by atoms with Gasteiger partial charge in [-0.15, -0.1) is 0 Å². The molecule has 1 aromatic heterocycles. The highest BCUT2D eigenvalue weighted by atomic mass is 35.5. The van der Waals surface area contributed by atoms with Crippen molar-refractivity contribution in [1.82, 2.24) is 9.97 Å². The second-order valence-corrected chi connectivity index (χ2v) is 3.28. The van der Waals surface area contributed by atoms with Gasteiger partial charge in [0.2, 0.25) is 11.8 Å². The normalized spacial score (nSPS) is 12.6. The molecule has 10 heteroatoms. The van der Waals surface area contributed by atoms with Crippen LogP contribution in [-0.2, 0) is 0 Å². The first-order chi connectivity index (χ1) is 7.63. The Labute approximate surface area is 96.5 Å². The van der Waals surface area contributed by atoms with Crippen LogP contribution in [0.15, 0.2) is 6.20 Å². The van der Waals surface area contributed by atoms with Gasteiger partial charge in [-0.05, 0) is 0 Å². The molecule has 0 atom stereocenters. The Balaban J connectivity index is 2.77. The van der Waals surface area contributed by atoms with Crippen molar-refractivity contribution in [3.63, 3.8) is 0 Å². The first kappa shape index (κ1) is 13.7. The van der Waals surface area contributed by atoms with E-state index < -0.39 is 24.6 Å². The molecule has 0 saturated heterocycles. The average Bonchev–Trinajstić information content (AvgIpc) is 2.18. The van der Waals surface area contributed by atoms with E-state index in [-0.39, 0.29) is 11.0 Å².